The fourth-order valence-electron chi connectivity index (χ4n) is 2.67. The van der Waals surface area contributed by atoms with Crippen LogP contribution in [0.5, 0.6) is 0 Å². The molecular formula is C19H14Cl3NO2. The molecule has 0 saturated heterocycles. The van der Waals surface area contributed by atoms with Crippen LogP contribution in [0.15, 0.2) is 47.5 Å². The zero-order valence-corrected chi connectivity index (χ0v) is 15.8. The Morgan fingerprint density at radius 1 is 0.880 bits per heavy atom. The molecule has 1 aliphatic rings. The fraction of sp³-hybridized carbons (Fsp3) is 0.158. The second-order valence-electron chi connectivity index (χ2n) is 6.01. The number of benzene rings is 2. The molecule has 0 saturated carbocycles. The molecule has 0 radical (unpaired) electrons. The minimum absolute atomic E-state index is 0.0845. The van der Waals surface area contributed by atoms with Gasteiger partial charge in [-0.05, 0) is 35.7 Å². The lowest BCUT2D eigenvalue weighted by Crippen LogP contribution is -2.31. The number of nitrogens with zero attached hydrogens (tertiary/aromatic N) is 1. The molecule has 128 valence electrons. The molecule has 6 heteroatoms. The van der Waals surface area contributed by atoms with Gasteiger partial charge in [-0.3, -0.25) is 9.59 Å². The van der Waals surface area contributed by atoms with Crippen molar-refractivity contribution in [2.45, 2.75) is 19.8 Å². The number of carbonyl (C=O) groups is 2. The topological polar surface area (TPSA) is 37.4 Å². The quantitative estimate of drug-likeness (QED) is 0.632. The average molecular weight is 395 g/mol. The predicted octanol–water partition coefficient (Wildman–Crippen LogP) is 5.64. The van der Waals surface area contributed by atoms with E-state index in [9.17, 15) is 9.59 Å². The van der Waals surface area contributed by atoms with Crippen LogP contribution in [0.3, 0.4) is 0 Å². The van der Waals surface area contributed by atoms with Crippen LogP contribution in [-0.4, -0.2) is 11.8 Å². The van der Waals surface area contributed by atoms with Crippen LogP contribution in [0.4, 0.5) is 5.69 Å². The number of imide groups is 1. The van der Waals surface area contributed by atoms with Crippen LogP contribution in [0, 0.1) is 0 Å². The van der Waals surface area contributed by atoms with Gasteiger partial charge in [0.25, 0.3) is 11.8 Å². The van der Waals surface area contributed by atoms with Gasteiger partial charge in [0.2, 0.25) is 0 Å². The Bertz CT molecular complexity index is 901. The van der Waals surface area contributed by atoms with E-state index < -0.39 is 11.8 Å². The minimum Gasteiger partial charge on any atom is -0.268 e. The second-order valence-corrected chi connectivity index (χ2v) is 7.23. The molecule has 0 fully saturated rings. The molecule has 0 bridgehead atoms. The van der Waals surface area contributed by atoms with E-state index in [2.05, 4.69) is 13.8 Å². The summed E-state index contributed by atoms with van der Waals surface area (Å²) in [4.78, 5) is 26.5. The van der Waals surface area contributed by atoms with Gasteiger partial charge in [-0.25, -0.2) is 4.90 Å². The van der Waals surface area contributed by atoms with Gasteiger partial charge < -0.3 is 0 Å². The van der Waals surface area contributed by atoms with Crippen molar-refractivity contribution in [1.82, 2.24) is 0 Å². The summed E-state index contributed by atoms with van der Waals surface area (Å²) in [5.74, 6) is -0.717. The maximum Gasteiger partial charge on any atom is 0.277 e. The third-order valence-electron chi connectivity index (χ3n) is 4.05. The maximum absolute atomic E-state index is 12.9. The Balaban J connectivity index is 2.01. The maximum atomic E-state index is 12.9. The highest BCUT2D eigenvalue weighted by molar-refractivity contribution is 6.60. The van der Waals surface area contributed by atoms with E-state index in [0.717, 1.165) is 10.5 Å². The molecule has 0 aliphatic carbocycles. The zero-order chi connectivity index (χ0) is 18.3. The summed E-state index contributed by atoms with van der Waals surface area (Å²) in [6.45, 7) is 4.14. The molecule has 3 rings (SSSR count). The van der Waals surface area contributed by atoms with Crippen molar-refractivity contribution in [3.8, 4) is 0 Å². The van der Waals surface area contributed by atoms with Gasteiger partial charge in [0.1, 0.15) is 5.03 Å². The van der Waals surface area contributed by atoms with Gasteiger partial charge in [0, 0.05) is 10.6 Å². The first kappa shape index (κ1) is 18.0. The monoisotopic (exact) mass is 393 g/mol. The summed E-state index contributed by atoms with van der Waals surface area (Å²) in [6, 6.07) is 11.9. The van der Waals surface area contributed by atoms with Crippen molar-refractivity contribution in [1.29, 1.82) is 0 Å². The summed E-state index contributed by atoms with van der Waals surface area (Å²) in [7, 11) is 0. The van der Waals surface area contributed by atoms with Crippen molar-refractivity contribution < 1.29 is 9.59 Å². The Hall–Kier alpha value is -1.81. The van der Waals surface area contributed by atoms with Crippen molar-refractivity contribution >= 4 is 57.9 Å². The van der Waals surface area contributed by atoms with E-state index in [1.165, 1.54) is 6.07 Å². The van der Waals surface area contributed by atoms with Crippen LogP contribution in [0.2, 0.25) is 10.0 Å². The van der Waals surface area contributed by atoms with E-state index in [1.807, 2.05) is 12.1 Å². The number of halogens is 3. The lowest BCUT2D eigenvalue weighted by atomic mass is 10.0. The molecule has 1 aliphatic heterocycles. The minimum atomic E-state index is -0.565. The first-order valence-electron chi connectivity index (χ1n) is 7.65. The highest BCUT2D eigenvalue weighted by Gasteiger charge is 2.39. The van der Waals surface area contributed by atoms with Gasteiger partial charge in [-0.2, -0.15) is 0 Å². The average Bonchev–Trinajstić information content (AvgIpc) is 2.78. The summed E-state index contributed by atoms with van der Waals surface area (Å²) < 4.78 is 0. The summed E-state index contributed by atoms with van der Waals surface area (Å²) >= 11 is 18.2. The third-order valence-corrected chi connectivity index (χ3v) is 4.94. The normalized spacial score (nSPS) is 14.9. The molecule has 2 aromatic rings. The summed E-state index contributed by atoms with van der Waals surface area (Å²) in [5, 5.41) is 0.546. The molecule has 0 N–H and O–H groups in total. The molecule has 0 unspecified atom stereocenters. The first-order valence-corrected chi connectivity index (χ1v) is 8.78. The highest BCUT2D eigenvalue weighted by atomic mass is 35.5. The van der Waals surface area contributed by atoms with Gasteiger partial charge in [-0.15, -0.1) is 0 Å². The number of hydrogen-bond donors (Lipinski definition) is 0. The number of rotatable bonds is 3. The molecule has 2 amide bonds. The summed E-state index contributed by atoms with van der Waals surface area (Å²) in [5.41, 5.74) is 2.05. The molecule has 1 heterocycles. The lowest BCUT2D eigenvalue weighted by molar-refractivity contribution is -0.119. The van der Waals surface area contributed by atoms with E-state index in [4.69, 9.17) is 34.8 Å². The predicted molar refractivity (Wildman–Crippen MR) is 102 cm³/mol. The number of carbonyl (C=O) groups excluding carboxylic acids is 2. The SMILES string of the molecule is CC(C)c1ccc(N2C(=O)C(Cl)=C(c3ccc(Cl)cc3Cl)C2=O)cc1. The van der Waals surface area contributed by atoms with Crippen molar-refractivity contribution in [2.75, 3.05) is 4.90 Å². The molecule has 0 aromatic heterocycles. The van der Waals surface area contributed by atoms with Crippen molar-refractivity contribution in [3.05, 3.63) is 68.7 Å². The first-order chi connectivity index (χ1) is 11.8. The van der Waals surface area contributed by atoms with E-state index in [1.54, 1.807) is 24.3 Å². The van der Waals surface area contributed by atoms with Crippen molar-refractivity contribution in [2.24, 2.45) is 0 Å². The second kappa shape index (κ2) is 6.83. The Morgan fingerprint density at radius 2 is 1.52 bits per heavy atom. The third kappa shape index (κ3) is 3.20. The summed E-state index contributed by atoms with van der Waals surface area (Å²) in [6.07, 6.45) is 0. The lowest BCUT2D eigenvalue weighted by Gasteiger charge is -2.16. The fourth-order valence-corrected chi connectivity index (χ4v) is 3.44. The molecule has 25 heavy (non-hydrogen) atoms. The van der Waals surface area contributed by atoms with Gasteiger partial charge in [-0.1, -0.05) is 66.8 Å². The zero-order valence-electron chi connectivity index (χ0n) is 13.5. The Morgan fingerprint density at radius 3 is 2.08 bits per heavy atom. The highest BCUT2D eigenvalue weighted by Crippen LogP contribution is 2.38. The number of hydrogen-bond acceptors (Lipinski definition) is 2. The van der Waals surface area contributed by atoms with Gasteiger partial charge in [0.15, 0.2) is 0 Å². The Kier molecular flexibility index (Phi) is 4.92. The molecule has 0 atom stereocenters. The Labute approximate surface area is 160 Å². The largest absolute Gasteiger partial charge is 0.277 e. The number of anilines is 1. The van der Waals surface area contributed by atoms with Crippen LogP contribution in [0.1, 0.15) is 30.9 Å². The molecule has 2 aromatic carbocycles. The molecule has 3 nitrogen and oxygen atoms in total. The standard InChI is InChI=1S/C19H14Cl3NO2/c1-10(2)11-3-6-13(7-4-11)23-18(24)16(17(22)19(23)25)14-8-5-12(20)9-15(14)21/h3-10H,1-2H3. The number of amides is 2. The van der Waals surface area contributed by atoms with Crippen LogP contribution in [0.25, 0.3) is 5.57 Å². The smallest absolute Gasteiger partial charge is 0.268 e. The van der Waals surface area contributed by atoms with Crippen LogP contribution < -0.4 is 4.90 Å². The van der Waals surface area contributed by atoms with Crippen molar-refractivity contribution in [3.63, 3.8) is 0 Å². The van der Waals surface area contributed by atoms with Crippen LogP contribution >= 0.6 is 34.8 Å². The van der Waals surface area contributed by atoms with Gasteiger partial charge >= 0.3 is 0 Å². The molecular weight excluding hydrogens is 381 g/mol. The molecule has 0 spiro atoms. The van der Waals surface area contributed by atoms with E-state index >= 15 is 0 Å². The van der Waals surface area contributed by atoms with Crippen LogP contribution in [-0.2, 0) is 9.59 Å². The van der Waals surface area contributed by atoms with Gasteiger partial charge in [0.05, 0.1) is 16.3 Å². The van der Waals surface area contributed by atoms with E-state index in [0.29, 0.717) is 22.2 Å². The van der Waals surface area contributed by atoms with E-state index in [-0.39, 0.29) is 15.6 Å².